The largest absolute Gasteiger partial charge is 0.375 e. The van der Waals surface area contributed by atoms with Gasteiger partial charge in [-0.2, -0.15) is 0 Å². The number of ether oxygens (including phenoxy) is 1. The normalized spacial score (nSPS) is 19.5. The van der Waals surface area contributed by atoms with Gasteiger partial charge in [-0.3, -0.25) is 4.79 Å². The van der Waals surface area contributed by atoms with Crippen molar-refractivity contribution < 1.29 is 9.53 Å². The SMILES string of the molecule is CC1CN(C(=O)CCc2ccc(Cl)cc2Cl)CCO1. The van der Waals surface area contributed by atoms with Crippen LogP contribution in [0.25, 0.3) is 0 Å². The highest BCUT2D eigenvalue weighted by Crippen LogP contribution is 2.22. The first-order valence-electron chi connectivity index (χ1n) is 6.39. The summed E-state index contributed by atoms with van der Waals surface area (Å²) in [5, 5.41) is 1.23. The summed E-state index contributed by atoms with van der Waals surface area (Å²) in [7, 11) is 0. The minimum absolute atomic E-state index is 0.122. The minimum Gasteiger partial charge on any atom is -0.375 e. The Hall–Kier alpha value is -0.770. The van der Waals surface area contributed by atoms with Gasteiger partial charge in [0.25, 0.3) is 0 Å². The highest BCUT2D eigenvalue weighted by Gasteiger charge is 2.21. The third-order valence-electron chi connectivity index (χ3n) is 3.22. The van der Waals surface area contributed by atoms with Gasteiger partial charge in [-0.25, -0.2) is 0 Å². The van der Waals surface area contributed by atoms with Crippen LogP contribution in [-0.2, 0) is 16.0 Å². The Balaban J connectivity index is 1.89. The fourth-order valence-corrected chi connectivity index (χ4v) is 2.67. The lowest BCUT2D eigenvalue weighted by Crippen LogP contribution is -2.44. The molecule has 1 amide bonds. The molecule has 0 radical (unpaired) electrons. The molecule has 104 valence electrons. The van der Waals surface area contributed by atoms with E-state index in [9.17, 15) is 4.79 Å². The Labute approximate surface area is 123 Å². The number of nitrogens with zero attached hydrogens (tertiary/aromatic N) is 1. The van der Waals surface area contributed by atoms with Crippen LogP contribution >= 0.6 is 23.2 Å². The zero-order valence-electron chi connectivity index (χ0n) is 10.9. The summed E-state index contributed by atoms with van der Waals surface area (Å²) >= 11 is 11.9. The Bertz CT molecular complexity index is 465. The molecule has 5 heteroatoms. The molecule has 0 bridgehead atoms. The van der Waals surface area contributed by atoms with Crippen molar-refractivity contribution >= 4 is 29.1 Å². The molecule has 1 atom stereocenters. The van der Waals surface area contributed by atoms with E-state index >= 15 is 0 Å². The lowest BCUT2D eigenvalue weighted by molar-refractivity contribution is -0.138. The maximum atomic E-state index is 12.1. The van der Waals surface area contributed by atoms with Crippen molar-refractivity contribution in [3.63, 3.8) is 0 Å². The number of halogens is 2. The molecule has 0 N–H and O–H groups in total. The van der Waals surface area contributed by atoms with Gasteiger partial charge in [0.1, 0.15) is 0 Å². The van der Waals surface area contributed by atoms with Crippen LogP contribution in [0.5, 0.6) is 0 Å². The Kier molecular flexibility index (Phi) is 5.08. The first-order valence-corrected chi connectivity index (χ1v) is 7.15. The molecule has 0 saturated carbocycles. The van der Waals surface area contributed by atoms with E-state index in [4.69, 9.17) is 27.9 Å². The average Bonchev–Trinajstić information content (AvgIpc) is 2.37. The van der Waals surface area contributed by atoms with Crippen LogP contribution in [0.15, 0.2) is 18.2 Å². The quantitative estimate of drug-likeness (QED) is 0.858. The zero-order valence-corrected chi connectivity index (χ0v) is 12.4. The van der Waals surface area contributed by atoms with E-state index in [-0.39, 0.29) is 12.0 Å². The van der Waals surface area contributed by atoms with E-state index in [1.54, 1.807) is 12.1 Å². The number of morpholine rings is 1. The number of rotatable bonds is 3. The van der Waals surface area contributed by atoms with E-state index in [0.29, 0.717) is 42.6 Å². The highest BCUT2D eigenvalue weighted by molar-refractivity contribution is 6.35. The van der Waals surface area contributed by atoms with E-state index < -0.39 is 0 Å². The molecular formula is C14H17Cl2NO2. The third-order valence-corrected chi connectivity index (χ3v) is 3.80. The fraction of sp³-hybridized carbons (Fsp3) is 0.500. The second-order valence-electron chi connectivity index (χ2n) is 4.76. The molecule has 1 aromatic carbocycles. The van der Waals surface area contributed by atoms with E-state index in [2.05, 4.69) is 0 Å². The molecule has 1 saturated heterocycles. The number of amides is 1. The van der Waals surface area contributed by atoms with Crippen molar-refractivity contribution in [2.75, 3.05) is 19.7 Å². The van der Waals surface area contributed by atoms with Crippen LogP contribution in [-0.4, -0.2) is 36.6 Å². The smallest absolute Gasteiger partial charge is 0.223 e. The van der Waals surface area contributed by atoms with Gasteiger partial charge >= 0.3 is 0 Å². The molecule has 1 aliphatic rings. The first kappa shape index (κ1) is 14.6. The maximum absolute atomic E-state index is 12.1. The predicted molar refractivity (Wildman–Crippen MR) is 76.8 cm³/mol. The number of aryl methyl sites for hydroxylation is 1. The number of carbonyl (C=O) groups is 1. The standard InChI is InChI=1S/C14H17Cl2NO2/c1-10-9-17(6-7-19-10)14(18)5-3-11-2-4-12(15)8-13(11)16/h2,4,8,10H,3,5-7,9H2,1H3. The molecule has 3 nitrogen and oxygen atoms in total. The van der Waals surface area contributed by atoms with Gasteiger partial charge in [-0.05, 0) is 31.0 Å². The van der Waals surface area contributed by atoms with Crippen LogP contribution in [0.4, 0.5) is 0 Å². The zero-order chi connectivity index (χ0) is 13.8. The molecule has 0 aromatic heterocycles. The highest BCUT2D eigenvalue weighted by atomic mass is 35.5. The second kappa shape index (κ2) is 6.60. The van der Waals surface area contributed by atoms with Crippen molar-refractivity contribution in [1.82, 2.24) is 4.90 Å². The predicted octanol–water partition coefficient (Wildman–Crippen LogP) is 3.17. The lowest BCUT2D eigenvalue weighted by Gasteiger charge is -2.31. The van der Waals surface area contributed by atoms with E-state index in [1.807, 2.05) is 17.9 Å². The topological polar surface area (TPSA) is 29.5 Å². The Morgan fingerprint density at radius 2 is 2.26 bits per heavy atom. The van der Waals surface area contributed by atoms with Gasteiger partial charge in [-0.1, -0.05) is 29.3 Å². The van der Waals surface area contributed by atoms with E-state index in [0.717, 1.165) is 5.56 Å². The Morgan fingerprint density at radius 3 is 2.95 bits per heavy atom. The molecule has 0 aliphatic carbocycles. The van der Waals surface area contributed by atoms with Crippen molar-refractivity contribution in [2.24, 2.45) is 0 Å². The van der Waals surface area contributed by atoms with Crippen molar-refractivity contribution in [1.29, 1.82) is 0 Å². The summed E-state index contributed by atoms with van der Waals surface area (Å²) in [6, 6.07) is 5.38. The van der Waals surface area contributed by atoms with Crippen LogP contribution in [0, 0.1) is 0 Å². The lowest BCUT2D eigenvalue weighted by atomic mass is 10.1. The summed E-state index contributed by atoms with van der Waals surface area (Å²) < 4.78 is 5.42. The van der Waals surface area contributed by atoms with Crippen molar-refractivity contribution in [3.05, 3.63) is 33.8 Å². The van der Waals surface area contributed by atoms with Crippen molar-refractivity contribution in [3.8, 4) is 0 Å². The summed E-state index contributed by atoms with van der Waals surface area (Å²) in [5.41, 5.74) is 0.959. The molecular weight excluding hydrogens is 285 g/mol. The van der Waals surface area contributed by atoms with Gasteiger partial charge < -0.3 is 9.64 Å². The Morgan fingerprint density at radius 1 is 1.47 bits per heavy atom. The molecule has 1 aromatic rings. The second-order valence-corrected chi connectivity index (χ2v) is 5.60. The summed E-state index contributed by atoms with van der Waals surface area (Å²) in [6.07, 6.45) is 1.23. The molecule has 1 aliphatic heterocycles. The minimum atomic E-state index is 0.122. The van der Waals surface area contributed by atoms with Gasteiger partial charge in [0.15, 0.2) is 0 Å². The van der Waals surface area contributed by atoms with Gasteiger partial charge in [0, 0.05) is 29.6 Å². The van der Waals surface area contributed by atoms with Crippen LogP contribution < -0.4 is 0 Å². The summed E-state index contributed by atoms with van der Waals surface area (Å²) in [4.78, 5) is 14.0. The summed E-state index contributed by atoms with van der Waals surface area (Å²) in [5.74, 6) is 0.154. The summed E-state index contributed by atoms with van der Waals surface area (Å²) in [6.45, 7) is 3.95. The molecule has 1 heterocycles. The number of hydrogen-bond acceptors (Lipinski definition) is 2. The molecule has 1 fully saturated rings. The van der Waals surface area contributed by atoms with Gasteiger partial charge in [0.2, 0.25) is 5.91 Å². The van der Waals surface area contributed by atoms with Crippen LogP contribution in [0.2, 0.25) is 10.0 Å². The number of carbonyl (C=O) groups excluding carboxylic acids is 1. The number of benzene rings is 1. The van der Waals surface area contributed by atoms with Crippen LogP contribution in [0.1, 0.15) is 18.9 Å². The first-order chi connectivity index (χ1) is 9.06. The number of hydrogen-bond donors (Lipinski definition) is 0. The van der Waals surface area contributed by atoms with Crippen molar-refractivity contribution in [2.45, 2.75) is 25.9 Å². The maximum Gasteiger partial charge on any atom is 0.223 e. The fourth-order valence-electron chi connectivity index (χ4n) is 2.17. The molecule has 2 rings (SSSR count). The van der Waals surface area contributed by atoms with Gasteiger partial charge in [0.05, 0.1) is 12.7 Å². The molecule has 19 heavy (non-hydrogen) atoms. The van der Waals surface area contributed by atoms with Crippen LogP contribution in [0.3, 0.4) is 0 Å². The monoisotopic (exact) mass is 301 g/mol. The van der Waals surface area contributed by atoms with E-state index in [1.165, 1.54) is 0 Å². The third kappa shape index (κ3) is 4.10. The molecule has 0 spiro atoms. The average molecular weight is 302 g/mol. The molecule has 1 unspecified atom stereocenters. The van der Waals surface area contributed by atoms with Gasteiger partial charge in [-0.15, -0.1) is 0 Å².